The number of fused-ring (bicyclic) bond motifs is 2. The number of thiazole rings is 1. The van der Waals surface area contributed by atoms with Crippen LogP contribution in [0.5, 0.6) is 0 Å². The van der Waals surface area contributed by atoms with E-state index in [0.717, 1.165) is 13.1 Å². The summed E-state index contributed by atoms with van der Waals surface area (Å²) in [6.45, 7) is 6.42. The lowest BCUT2D eigenvalue weighted by Gasteiger charge is -2.19. The summed E-state index contributed by atoms with van der Waals surface area (Å²) in [5, 5.41) is 2.68. The lowest BCUT2D eigenvalue weighted by Crippen LogP contribution is -2.34. The van der Waals surface area contributed by atoms with Crippen molar-refractivity contribution in [3.8, 4) is 0 Å². The van der Waals surface area contributed by atoms with Crippen molar-refractivity contribution in [3.05, 3.63) is 82.4 Å². The molecule has 1 aliphatic carbocycles. The van der Waals surface area contributed by atoms with Crippen molar-refractivity contribution in [2.75, 3.05) is 11.4 Å². The zero-order chi connectivity index (χ0) is 18.4. The lowest BCUT2D eigenvalue weighted by molar-refractivity contribution is -0.665. The molecule has 0 saturated carbocycles. The molecule has 2 heterocycles. The Morgan fingerprint density at radius 3 is 2.63 bits per heavy atom. The van der Waals surface area contributed by atoms with Crippen LogP contribution in [0.1, 0.15) is 18.9 Å². The van der Waals surface area contributed by atoms with Crippen molar-refractivity contribution < 1.29 is 4.57 Å². The van der Waals surface area contributed by atoms with Crippen LogP contribution in [-0.2, 0) is 6.54 Å². The molecular weight excluding hydrogens is 368 g/mol. The van der Waals surface area contributed by atoms with Gasteiger partial charge in [-0.3, -0.25) is 0 Å². The molecule has 2 aliphatic rings. The highest BCUT2D eigenvalue weighted by molar-refractivity contribution is 8.03. The molecule has 1 aliphatic heterocycles. The van der Waals surface area contributed by atoms with Gasteiger partial charge in [-0.25, -0.2) is 0 Å². The second-order valence-electron chi connectivity index (χ2n) is 6.63. The molecule has 3 aromatic rings. The van der Waals surface area contributed by atoms with Gasteiger partial charge in [0.1, 0.15) is 11.2 Å². The summed E-state index contributed by atoms with van der Waals surface area (Å²) < 4.78 is 3.78. The number of rotatable bonds is 3. The highest BCUT2D eigenvalue weighted by Crippen LogP contribution is 2.48. The van der Waals surface area contributed by atoms with Gasteiger partial charge in [0.2, 0.25) is 5.52 Å². The zero-order valence-corrected chi connectivity index (χ0v) is 17.1. The van der Waals surface area contributed by atoms with Gasteiger partial charge in [0, 0.05) is 23.1 Å². The van der Waals surface area contributed by atoms with Gasteiger partial charge in [0.05, 0.1) is 16.3 Å². The summed E-state index contributed by atoms with van der Waals surface area (Å²) in [6, 6.07) is 17.4. The third-order valence-corrected chi connectivity index (χ3v) is 7.52. The molecule has 0 N–H and O–H groups in total. The van der Waals surface area contributed by atoms with Crippen LogP contribution >= 0.6 is 23.1 Å². The Morgan fingerprint density at radius 1 is 0.963 bits per heavy atom. The van der Waals surface area contributed by atoms with Crippen LogP contribution in [0.4, 0.5) is 5.69 Å². The summed E-state index contributed by atoms with van der Waals surface area (Å²) in [6.07, 6.45) is 6.90. The predicted octanol–water partition coefficient (Wildman–Crippen LogP) is 6.01. The number of nitrogens with zero attached hydrogens (tertiary/aromatic N) is 2. The van der Waals surface area contributed by atoms with Crippen LogP contribution in [0.3, 0.4) is 0 Å². The van der Waals surface area contributed by atoms with E-state index < -0.39 is 0 Å². The number of hydrogen-bond acceptors (Lipinski definition) is 3. The maximum Gasteiger partial charge on any atom is 0.270 e. The second kappa shape index (κ2) is 6.70. The highest BCUT2D eigenvalue weighted by Gasteiger charge is 2.28. The molecule has 1 aromatic heterocycles. The van der Waals surface area contributed by atoms with Gasteiger partial charge in [-0.05, 0) is 44.2 Å². The molecule has 0 fully saturated rings. The first-order chi connectivity index (χ1) is 13.3. The van der Waals surface area contributed by atoms with E-state index in [-0.39, 0.29) is 0 Å². The molecule has 2 nitrogen and oxygen atoms in total. The maximum atomic E-state index is 2.43. The first-order valence-electron chi connectivity index (χ1n) is 9.40. The molecule has 0 unspecified atom stereocenters. The van der Waals surface area contributed by atoms with Crippen LogP contribution in [0.25, 0.3) is 15.8 Å². The van der Waals surface area contributed by atoms with Gasteiger partial charge >= 0.3 is 0 Å². The Balaban J connectivity index is 1.60. The first kappa shape index (κ1) is 16.8. The molecule has 0 radical (unpaired) electrons. The van der Waals surface area contributed by atoms with E-state index in [9.17, 15) is 0 Å². The number of anilines is 1. The molecule has 134 valence electrons. The molecule has 0 bridgehead atoms. The van der Waals surface area contributed by atoms with Crippen molar-refractivity contribution in [2.45, 2.75) is 25.3 Å². The monoisotopic (exact) mass is 389 g/mol. The Kier molecular flexibility index (Phi) is 4.18. The summed E-state index contributed by atoms with van der Waals surface area (Å²) in [5.74, 6) is 0. The average molecular weight is 390 g/mol. The topological polar surface area (TPSA) is 7.12 Å². The Labute approximate surface area is 168 Å². The first-order valence-corrected chi connectivity index (χ1v) is 11.0. The minimum atomic E-state index is 0.984. The van der Waals surface area contributed by atoms with E-state index >= 15 is 0 Å². The number of thioether (sulfide) groups is 1. The minimum Gasteiger partial charge on any atom is -0.335 e. The number of hydrogen-bond donors (Lipinski definition) is 0. The largest absolute Gasteiger partial charge is 0.335 e. The summed E-state index contributed by atoms with van der Waals surface area (Å²) in [7, 11) is 0. The van der Waals surface area contributed by atoms with E-state index in [1.54, 1.807) is 0 Å². The number of aryl methyl sites for hydroxylation is 1. The van der Waals surface area contributed by atoms with Crippen LogP contribution in [0.15, 0.2) is 82.3 Å². The minimum absolute atomic E-state index is 0.984. The smallest absolute Gasteiger partial charge is 0.270 e. The molecule has 4 heteroatoms. The standard InChI is InChI=1S/C23H21N2S2/c1-3-24-18-9-5-7-11-20(18)26-22(24)16-13-14-17(15-16)23-25(4-2)19-10-6-8-12-21(19)27-23/h5-15H,3-4H2,1-2H3/q+1. The third kappa shape index (κ3) is 2.67. The molecule has 0 spiro atoms. The Hall–Kier alpha value is -2.30. The van der Waals surface area contributed by atoms with Crippen molar-refractivity contribution in [2.24, 2.45) is 0 Å². The predicted molar refractivity (Wildman–Crippen MR) is 117 cm³/mol. The SMILES string of the molecule is CCN1C(=C2C=CC(c3sc4ccccc4[n+]3CC)=C2)Sc2ccccc21. The summed E-state index contributed by atoms with van der Waals surface area (Å²) >= 11 is 3.77. The molecule has 27 heavy (non-hydrogen) atoms. The van der Waals surface area contributed by atoms with Gasteiger partial charge < -0.3 is 4.90 Å². The van der Waals surface area contributed by atoms with E-state index in [0.29, 0.717) is 0 Å². The number of allylic oxidation sites excluding steroid dienone is 5. The van der Waals surface area contributed by atoms with E-state index in [1.807, 2.05) is 23.1 Å². The quantitative estimate of drug-likeness (QED) is 0.507. The normalized spacial score (nSPS) is 18.4. The van der Waals surface area contributed by atoms with Crippen LogP contribution < -0.4 is 9.47 Å². The fourth-order valence-corrected chi connectivity index (χ4v) is 6.28. The molecular formula is C23H21N2S2+. The number of aromatic nitrogens is 1. The van der Waals surface area contributed by atoms with Crippen molar-refractivity contribution in [1.29, 1.82) is 0 Å². The molecule has 0 atom stereocenters. The third-order valence-electron chi connectivity index (χ3n) is 5.10. The average Bonchev–Trinajstić information content (AvgIpc) is 3.41. The van der Waals surface area contributed by atoms with Crippen molar-refractivity contribution in [1.82, 2.24) is 0 Å². The number of para-hydroxylation sites is 2. The van der Waals surface area contributed by atoms with Crippen molar-refractivity contribution >= 4 is 44.6 Å². The van der Waals surface area contributed by atoms with E-state index in [1.165, 1.54) is 42.0 Å². The molecule has 0 amide bonds. The lowest BCUT2D eigenvalue weighted by atomic mass is 10.2. The van der Waals surface area contributed by atoms with Crippen molar-refractivity contribution in [3.63, 3.8) is 0 Å². The molecule has 5 rings (SSSR count). The highest BCUT2D eigenvalue weighted by atomic mass is 32.2. The Morgan fingerprint density at radius 2 is 1.78 bits per heavy atom. The van der Waals surface area contributed by atoms with Gasteiger partial charge in [-0.1, -0.05) is 53.4 Å². The van der Waals surface area contributed by atoms with Crippen LogP contribution in [0, 0.1) is 0 Å². The van der Waals surface area contributed by atoms with Gasteiger partial charge in [0.25, 0.3) is 5.01 Å². The molecule has 0 saturated heterocycles. The Bertz CT molecular complexity index is 1130. The van der Waals surface area contributed by atoms with Gasteiger partial charge in [-0.2, -0.15) is 4.57 Å². The molecule has 2 aromatic carbocycles. The zero-order valence-electron chi connectivity index (χ0n) is 15.5. The number of benzene rings is 2. The van der Waals surface area contributed by atoms with Crippen LogP contribution in [-0.4, -0.2) is 6.54 Å². The van der Waals surface area contributed by atoms with Gasteiger partial charge in [-0.15, -0.1) is 0 Å². The fourth-order valence-electron chi connectivity index (χ4n) is 3.84. The van der Waals surface area contributed by atoms with Gasteiger partial charge in [0.15, 0.2) is 0 Å². The summed E-state index contributed by atoms with van der Waals surface area (Å²) in [4.78, 5) is 3.78. The van der Waals surface area contributed by atoms with E-state index in [4.69, 9.17) is 0 Å². The maximum absolute atomic E-state index is 2.43. The fraction of sp³-hybridized carbons (Fsp3) is 0.174. The second-order valence-corrected chi connectivity index (χ2v) is 8.69. The summed E-state index contributed by atoms with van der Waals surface area (Å²) in [5.41, 5.74) is 5.28. The van der Waals surface area contributed by atoms with E-state index in [2.05, 4.69) is 90.1 Å². The van der Waals surface area contributed by atoms with Crippen LogP contribution in [0.2, 0.25) is 0 Å².